The molecule has 2 unspecified atom stereocenters. The number of carbonyl (C=O) groups excluding carboxylic acids is 6. The number of nitrogens with one attached hydrogen (secondary N) is 7. The molecule has 2 saturated carbocycles. The number of amides is 4. The van der Waals surface area contributed by atoms with Crippen molar-refractivity contribution < 1.29 is 33.2 Å². The third-order valence-electron chi connectivity index (χ3n) is 19.8. The summed E-state index contributed by atoms with van der Waals surface area (Å²) in [6, 6.07) is 25.8. The maximum absolute atomic E-state index is 14.5. The number of fused-ring (bicyclic) bond motifs is 3. The summed E-state index contributed by atoms with van der Waals surface area (Å²) in [4.78, 5) is 92.2. The van der Waals surface area contributed by atoms with Crippen molar-refractivity contribution in [2.24, 2.45) is 17.8 Å². The van der Waals surface area contributed by atoms with Crippen LogP contribution in [0.1, 0.15) is 196 Å². The fourth-order valence-electron chi connectivity index (χ4n) is 13.2. The highest BCUT2D eigenvalue weighted by molar-refractivity contribution is 6.03. The molecule has 2 atom stereocenters. The number of anilines is 7. The Balaban J connectivity index is 0.000000153. The van der Waals surface area contributed by atoms with E-state index < -0.39 is 5.92 Å². The number of aromatic nitrogens is 9. The second-order valence-corrected chi connectivity index (χ2v) is 27.9. The van der Waals surface area contributed by atoms with E-state index in [-0.39, 0.29) is 47.1 Å². The van der Waals surface area contributed by atoms with Gasteiger partial charge in [-0.3, -0.25) is 28.8 Å². The summed E-state index contributed by atoms with van der Waals surface area (Å²) in [6.45, 7) is 20.6. The Hall–Kier alpha value is -11.4. The molecule has 4 aromatic carbocycles. The van der Waals surface area contributed by atoms with Gasteiger partial charge in [0.25, 0.3) is 17.7 Å². The number of Topliss-reactive ketones (excluding diaryl/α,β-unsaturated/α-hetero) is 2. The maximum Gasteiger partial charge on any atom is 0.253 e. The topological polar surface area (TPSA) is 280 Å². The molecule has 544 valence electrons. The highest BCUT2D eigenvalue weighted by atomic mass is 19.1. The molecular formula is C81H92FN17O6. The van der Waals surface area contributed by atoms with E-state index in [1.54, 1.807) is 32.1 Å². The molecule has 4 aliphatic rings. The number of carbonyl (C=O) groups is 6. The van der Waals surface area contributed by atoms with E-state index in [2.05, 4.69) is 72.4 Å². The van der Waals surface area contributed by atoms with Crippen molar-refractivity contribution in [2.45, 2.75) is 145 Å². The van der Waals surface area contributed by atoms with Gasteiger partial charge in [0.05, 0.1) is 28.7 Å². The highest BCUT2D eigenvalue weighted by Gasteiger charge is 2.29. The zero-order chi connectivity index (χ0) is 74.0. The SMILES string of the molecule is CC1=CCC(C(=O)Nc2cc(F)cc(N3CCCCC3)c2)C=C1Nc1ncnn2cc(C(=O)NC(C)c3ccccc3)c(C)c12.CCCNC(=O)c1cn2ncnc(Nc3cc(C(=O)CC4CC4)ccc3C)c2c1C.CCCNC(=O)c1cn2ncnc(Nc3cc(C(=O)CC4CC4)ccc3C)c2c1C. The van der Waals surface area contributed by atoms with Crippen molar-refractivity contribution in [1.82, 2.24) is 59.7 Å². The summed E-state index contributed by atoms with van der Waals surface area (Å²) in [5.74, 6) is 1.71. The lowest BCUT2D eigenvalue weighted by molar-refractivity contribution is -0.118. The van der Waals surface area contributed by atoms with Crippen molar-refractivity contribution in [3.05, 3.63) is 213 Å². The Morgan fingerprint density at radius 2 is 1.04 bits per heavy atom. The molecule has 24 heteroatoms. The first-order chi connectivity index (χ1) is 50.7. The molecule has 105 heavy (non-hydrogen) atoms. The van der Waals surface area contributed by atoms with Crippen LogP contribution in [0.5, 0.6) is 0 Å². The average molecular weight is 1420 g/mol. The molecule has 0 bridgehead atoms. The van der Waals surface area contributed by atoms with Crippen LogP contribution in [-0.2, 0) is 4.79 Å². The molecule has 0 radical (unpaired) electrons. The van der Waals surface area contributed by atoms with Gasteiger partial charge < -0.3 is 42.1 Å². The summed E-state index contributed by atoms with van der Waals surface area (Å²) in [6.07, 6.45) is 24.9. The van der Waals surface area contributed by atoms with Crippen LogP contribution in [0, 0.1) is 58.2 Å². The smallest absolute Gasteiger partial charge is 0.253 e. The van der Waals surface area contributed by atoms with Crippen LogP contribution in [-0.4, -0.2) is 105 Å². The van der Waals surface area contributed by atoms with Gasteiger partial charge in [-0.2, -0.15) is 15.3 Å². The van der Waals surface area contributed by atoms with E-state index in [4.69, 9.17) is 0 Å². The Morgan fingerprint density at radius 1 is 0.562 bits per heavy atom. The number of allylic oxidation sites excluding steroid dienone is 2. The number of rotatable bonds is 24. The van der Waals surface area contributed by atoms with Crippen LogP contribution >= 0.6 is 0 Å². The number of halogens is 1. The molecule has 7 heterocycles. The minimum atomic E-state index is -0.468. The van der Waals surface area contributed by atoms with Gasteiger partial charge in [0.15, 0.2) is 29.0 Å². The third-order valence-corrected chi connectivity index (χ3v) is 19.8. The number of hydrogen-bond donors (Lipinski definition) is 7. The Morgan fingerprint density at radius 3 is 1.51 bits per heavy atom. The summed E-state index contributed by atoms with van der Waals surface area (Å²) in [5, 5.41) is 34.8. The lowest BCUT2D eigenvalue weighted by Crippen LogP contribution is -2.29. The minimum absolute atomic E-state index is 0.116. The molecule has 4 amide bonds. The quantitative estimate of drug-likeness (QED) is 0.0277. The summed E-state index contributed by atoms with van der Waals surface area (Å²) < 4.78 is 19.5. The summed E-state index contributed by atoms with van der Waals surface area (Å²) in [7, 11) is 0. The minimum Gasteiger partial charge on any atom is -0.371 e. The number of nitrogens with zero attached hydrogens (tertiary/aromatic N) is 10. The largest absolute Gasteiger partial charge is 0.371 e. The number of hydrogen-bond acceptors (Lipinski definition) is 16. The average Bonchev–Trinajstić information content (AvgIpc) is 1.61. The van der Waals surface area contributed by atoms with Gasteiger partial charge in [-0.1, -0.05) is 74.5 Å². The number of ketones is 2. The van der Waals surface area contributed by atoms with Crippen molar-refractivity contribution in [3.63, 3.8) is 0 Å². The second-order valence-electron chi connectivity index (χ2n) is 27.9. The highest BCUT2D eigenvalue weighted by Crippen LogP contribution is 2.37. The van der Waals surface area contributed by atoms with Gasteiger partial charge in [0.2, 0.25) is 5.91 Å². The second kappa shape index (κ2) is 32.9. The predicted octanol–water partition coefficient (Wildman–Crippen LogP) is 15.0. The molecule has 23 nitrogen and oxygen atoms in total. The third kappa shape index (κ3) is 17.6. The molecule has 7 N–H and O–H groups in total. The van der Waals surface area contributed by atoms with Crippen LogP contribution in [0.3, 0.4) is 0 Å². The molecule has 1 aliphatic heterocycles. The summed E-state index contributed by atoms with van der Waals surface area (Å²) in [5.41, 5.74) is 15.2. The molecule has 0 spiro atoms. The molecule has 10 aromatic rings. The molecule has 3 fully saturated rings. The van der Waals surface area contributed by atoms with Crippen molar-refractivity contribution >= 4 is 91.9 Å². The standard InChI is InChI=1S/C35H38FN7O2.2C23H27N5O2/c1-22-12-13-26(34(44)40-28-17-27(36)18-29(19-28)42-14-8-5-9-15-42)16-31(22)41-33-32-23(2)30(20-43(32)38-21-37-33)35(45)39-24(3)25-10-6-4-7-11-25;2*1-4-9-24-23(30)18-12-28-21(15(18)3)22(25-13-26-28)27-19-11-17(8-5-14(19)2)20(29)10-16-6-7-16/h4,6-7,10-12,16-21,24,26H,5,8-9,13-15H2,1-3H3,(H,39,45)(H,40,44)(H,37,38,41);2*5,8,11-13,16H,4,6-7,9-10H2,1-3H3,(H,24,30)(H,25,26,27). The zero-order valence-corrected chi connectivity index (χ0v) is 61.1. The first-order valence-electron chi connectivity index (χ1n) is 36.5. The maximum atomic E-state index is 14.5. The Labute approximate surface area is 610 Å². The Kier molecular flexibility index (Phi) is 23.0. The van der Waals surface area contributed by atoms with Crippen molar-refractivity contribution in [3.8, 4) is 0 Å². The van der Waals surface area contributed by atoms with E-state index in [0.29, 0.717) is 101 Å². The van der Waals surface area contributed by atoms with E-state index in [0.717, 1.165) is 137 Å². The number of benzene rings is 4. The fraction of sp³-hybridized carbons (Fsp3) is 0.358. The van der Waals surface area contributed by atoms with Crippen molar-refractivity contribution in [2.75, 3.05) is 52.3 Å². The fourth-order valence-corrected chi connectivity index (χ4v) is 13.2. The van der Waals surface area contributed by atoms with Crippen molar-refractivity contribution in [1.29, 1.82) is 0 Å². The van der Waals surface area contributed by atoms with E-state index in [9.17, 15) is 33.2 Å². The van der Waals surface area contributed by atoms with Gasteiger partial charge in [0, 0.05) is 97.2 Å². The van der Waals surface area contributed by atoms with Gasteiger partial charge in [0.1, 0.15) is 41.3 Å². The number of aryl methyl sites for hydroxylation is 5. The molecule has 6 aromatic heterocycles. The molecule has 14 rings (SSSR count). The van der Waals surface area contributed by atoms with Crippen LogP contribution in [0.15, 0.2) is 146 Å². The summed E-state index contributed by atoms with van der Waals surface area (Å²) >= 11 is 0. The van der Waals surface area contributed by atoms with Crippen LogP contribution in [0.25, 0.3) is 16.6 Å². The molecular weight excluding hydrogens is 1330 g/mol. The normalized spacial score (nSPS) is 15.1. The monoisotopic (exact) mass is 1420 g/mol. The Bertz CT molecular complexity index is 4810. The van der Waals surface area contributed by atoms with Gasteiger partial charge in [-0.25, -0.2) is 32.9 Å². The van der Waals surface area contributed by atoms with Gasteiger partial charge in [-0.05, 0) is 200 Å². The lowest BCUT2D eigenvalue weighted by atomic mass is 9.94. The van der Waals surface area contributed by atoms with Crippen LogP contribution in [0.4, 0.5) is 44.6 Å². The molecule has 3 aliphatic carbocycles. The van der Waals surface area contributed by atoms with Crippen LogP contribution in [0.2, 0.25) is 0 Å². The van der Waals surface area contributed by atoms with Crippen LogP contribution < -0.4 is 42.1 Å². The van der Waals surface area contributed by atoms with E-state index in [1.165, 1.54) is 37.5 Å². The predicted molar refractivity (Wildman–Crippen MR) is 408 cm³/mol. The first-order valence-corrected chi connectivity index (χ1v) is 36.5. The van der Waals surface area contributed by atoms with E-state index in [1.807, 2.05) is 147 Å². The molecule has 1 saturated heterocycles. The lowest BCUT2D eigenvalue weighted by Gasteiger charge is -2.29. The van der Waals surface area contributed by atoms with E-state index >= 15 is 0 Å². The number of piperidine rings is 1. The zero-order valence-electron chi connectivity index (χ0n) is 61.1. The first kappa shape index (κ1) is 73.3. The van der Waals surface area contributed by atoms with Gasteiger partial charge >= 0.3 is 0 Å². The van der Waals surface area contributed by atoms with Gasteiger partial charge in [-0.15, -0.1) is 0 Å².